The van der Waals surface area contributed by atoms with Gasteiger partial charge in [0.1, 0.15) is 17.1 Å². The lowest BCUT2D eigenvalue weighted by atomic mass is 10.2. The Morgan fingerprint density at radius 3 is 2.70 bits per heavy atom. The van der Waals surface area contributed by atoms with Crippen molar-refractivity contribution in [2.45, 2.75) is 31.7 Å². The maximum Gasteiger partial charge on any atom is 0.245 e. The molecule has 10 heteroatoms. The van der Waals surface area contributed by atoms with Gasteiger partial charge in [-0.15, -0.1) is 11.3 Å². The molecular formula is C17H25N4O4S2+. The van der Waals surface area contributed by atoms with Crippen molar-refractivity contribution >= 4 is 27.3 Å². The van der Waals surface area contributed by atoms with E-state index in [-0.39, 0.29) is 29.5 Å². The fourth-order valence-electron chi connectivity index (χ4n) is 3.29. The normalized spacial score (nSPS) is 16.0. The third-order valence-electron chi connectivity index (χ3n) is 4.70. The predicted octanol–water partition coefficient (Wildman–Crippen LogP) is -0.0514. The van der Waals surface area contributed by atoms with E-state index in [1.165, 1.54) is 9.78 Å². The molecule has 3 rings (SSSR count). The summed E-state index contributed by atoms with van der Waals surface area (Å²) in [4.78, 5) is 17.1. The molecule has 148 valence electrons. The first kappa shape index (κ1) is 20.0. The van der Waals surface area contributed by atoms with Gasteiger partial charge in [-0.05, 0) is 25.3 Å². The summed E-state index contributed by atoms with van der Waals surface area (Å²) in [5, 5.41) is 5.74. The number of rotatable bonds is 7. The molecule has 2 N–H and O–H groups in total. The summed E-state index contributed by atoms with van der Waals surface area (Å²) in [6.45, 7) is 7.42. The molecule has 0 spiro atoms. The molecule has 1 saturated heterocycles. The van der Waals surface area contributed by atoms with Crippen LogP contribution in [0.3, 0.4) is 0 Å². The number of hydrogen-bond donors (Lipinski definition) is 2. The minimum absolute atomic E-state index is 0.0216. The van der Waals surface area contributed by atoms with Gasteiger partial charge in [-0.3, -0.25) is 4.79 Å². The van der Waals surface area contributed by atoms with Crippen LogP contribution in [0.5, 0.6) is 0 Å². The van der Waals surface area contributed by atoms with Crippen molar-refractivity contribution < 1.29 is 22.6 Å². The highest BCUT2D eigenvalue weighted by molar-refractivity contribution is 7.89. The van der Waals surface area contributed by atoms with Gasteiger partial charge in [0.25, 0.3) is 0 Å². The molecule has 1 fully saturated rings. The van der Waals surface area contributed by atoms with Gasteiger partial charge in [0.2, 0.25) is 15.9 Å². The number of aromatic nitrogens is 1. The van der Waals surface area contributed by atoms with E-state index in [1.807, 2.05) is 4.90 Å². The summed E-state index contributed by atoms with van der Waals surface area (Å²) in [7, 11) is -3.72. The van der Waals surface area contributed by atoms with E-state index < -0.39 is 10.0 Å². The number of nitrogens with zero attached hydrogens (tertiary/aromatic N) is 2. The number of sulfonamides is 1. The van der Waals surface area contributed by atoms with Crippen molar-refractivity contribution in [2.75, 3.05) is 32.7 Å². The standard InChI is InChI=1S/C17H24N4O4S2/c1-13-17(14(2)25-19-13)27(23,24)18-6-5-16(22)21-9-7-20(8-10-21)12-15-4-3-11-26-15/h3-4,11,18H,5-10,12H2,1-2H3/p+1. The van der Waals surface area contributed by atoms with Gasteiger partial charge in [-0.1, -0.05) is 11.2 Å². The second-order valence-electron chi connectivity index (χ2n) is 6.69. The first-order valence-corrected chi connectivity index (χ1v) is 11.3. The minimum Gasteiger partial charge on any atom is -0.360 e. The van der Waals surface area contributed by atoms with Gasteiger partial charge in [0.05, 0.1) is 31.1 Å². The highest BCUT2D eigenvalue weighted by Crippen LogP contribution is 2.18. The van der Waals surface area contributed by atoms with Crippen LogP contribution in [-0.2, 0) is 21.4 Å². The lowest BCUT2D eigenvalue weighted by Gasteiger charge is -2.32. The van der Waals surface area contributed by atoms with Gasteiger partial charge in [0.15, 0.2) is 5.76 Å². The Bertz CT molecular complexity index is 849. The van der Waals surface area contributed by atoms with E-state index in [2.05, 4.69) is 27.4 Å². The molecular weight excluding hydrogens is 388 g/mol. The van der Waals surface area contributed by atoms with E-state index in [4.69, 9.17) is 4.52 Å². The zero-order chi connectivity index (χ0) is 19.4. The van der Waals surface area contributed by atoms with Crippen LogP contribution < -0.4 is 9.62 Å². The molecule has 8 nitrogen and oxygen atoms in total. The largest absolute Gasteiger partial charge is 0.360 e. The number of aryl methyl sites for hydroxylation is 2. The third kappa shape index (κ3) is 4.95. The first-order chi connectivity index (χ1) is 12.9. The number of thiophene rings is 1. The SMILES string of the molecule is Cc1noc(C)c1S(=O)(=O)NCCC(=O)N1CC[NH+](Cc2cccs2)CC1. The van der Waals surface area contributed by atoms with Crippen LogP contribution in [0.25, 0.3) is 0 Å². The molecule has 2 aromatic rings. The molecule has 2 aromatic heterocycles. The van der Waals surface area contributed by atoms with Crippen molar-refractivity contribution in [1.29, 1.82) is 0 Å². The number of amides is 1. The molecule has 0 saturated carbocycles. The van der Waals surface area contributed by atoms with Gasteiger partial charge >= 0.3 is 0 Å². The minimum atomic E-state index is -3.72. The number of carbonyl (C=O) groups excluding carboxylic acids is 1. The maximum atomic E-state index is 12.4. The third-order valence-corrected chi connectivity index (χ3v) is 7.28. The van der Waals surface area contributed by atoms with Crippen molar-refractivity contribution in [2.24, 2.45) is 0 Å². The number of quaternary nitrogens is 1. The van der Waals surface area contributed by atoms with Crippen LogP contribution in [-0.4, -0.2) is 57.1 Å². The summed E-state index contributed by atoms with van der Waals surface area (Å²) in [5.41, 5.74) is 0.316. The molecule has 0 atom stereocenters. The molecule has 0 unspecified atom stereocenters. The van der Waals surface area contributed by atoms with Crippen molar-refractivity contribution in [3.8, 4) is 0 Å². The van der Waals surface area contributed by atoms with E-state index in [9.17, 15) is 13.2 Å². The fraction of sp³-hybridized carbons (Fsp3) is 0.529. The van der Waals surface area contributed by atoms with E-state index >= 15 is 0 Å². The number of nitrogens with one attached hydrogen (secondary N) is 2. The number of hydrogen-bond acceptors (Lipinski definition) is 6. The number of carbonyl (C=O) groups is 1. The van der Waals surface area contributed by atoms with Crippen molar-refractivity contribution in [1.82, 2.24) is 14.8 Å². The Hall–Kier alpha value is -1.75. The molecule has 1 amide bonds. The lowest BCUT2D eigenvalue weighted by molar-refractivity contribution is -0.917. The molecule has 0 aliphatic carbocycles. The second kappa shape index (κ2) is 8.51. The van der Waals surface area contributed by atoms with Gasteiger partial charge < -0.3 is 14.3 Å². The van der Waals surface area contributed by atoms with E-state index in [0.29, 0.717) is 18.8 Å². The van der Waals surface area contributed by atoms with Crippen LogP contribution >= 0.6 is 11.3 Å². The Morgan fingerprint density at radius 1 is 1.37 bits per heavy atom. The molecule has 3 heterocycles. The van der Waals surface area contributed by atoms with Crippen LogP contribution in [0, 0.1) is 13.8 Å². The second-order valence-corrected chi connectivity index (χ2v) is 9.42. The summed E-state index contributed by atoms with van der Waals surface area (Å²) in [6, 6.07) is 4.20. The van der Waals surface area contributed by atoms with Crippen LogP contribution in [0.15, 0.2) is 26.9 Å². The van der Waals surface area contributed by atoms with Crippen LogP contribution in [0.4, 0.5) is 0 Å². The van der Waals surface area contributed by atoms with E-state index in [0.717, 1.165) is 19.6 Å². The first-order valence-electron chi connectivity index (χ1n) is 8.93. The highest BCUT2D eigenvalue weighted by Gasteiger charge is 2.26. The van der Waals surface area contributed by atoms with E-state index in [1.54, 1.807) is 25.2 Å². The molecule has 0 aromatic carbocycles. The highest BCUT2D eigenvalue weighted by atomic mass is 32.2. The summed E-state index contributed by atoms with van der Waals surface area (Å²) in [5.74, 6) is 0.225. The maximum absolute atomic E-state index is 12.4. The Balaban J connectivity index is 1.44. The Morgan fingerprint density at radius 2 is 2.11 bits per heavy atom. The fourth-order valence-corrected chi connectivity index (χ4v) is 5.42. The summed E-state index contributed by atoms with van der Waals surface area (Å²) in [6.07, 6.45) is 0.142. The van der Waals surface area contributed by atoms with Crippen LogP contribution in [0.1, 0.15) is 22.8 Å². The topological polar surface area (TPSA) is 97.0 Å². The summed E-state index contributed by atoms with van der Waals surface area (Å²) >= 11 is 1.76. The molecule has 27 heavy (non-hydrogen) atoms. The lowest BCUT2D eigenvalue weighted by Crippen LogP contribution is -3.13. The molecule has 0 radical (unpaired) electrons. The zero-order valence-corrected chi connectivity index (χ0v) is 17.2. The molecule has 1 aliphatic rings. The van der Waals surface area contributed by atoms with Crippen molar-refractivity contribution in [3.63, 3.8) is 0 Å². The molecule has 0 bridgehead atoms. The average molecular weight is 414 g/mol. The molecule has 1 aliphatic heterocycles. The Labute approximate surface area is 163 Å². The van der Waals surface area contributed by atoms with Gasteiger partial charge in [-0.2, -0.15) is 0 Å². The Kier molecular flexibility index (Phi) is 6.30. The van der Waals surface area contributed by atoms with Gasteiger partial charge in [0, 0.05) is 13.0 Å². The summed E-state index contributed by atoms with van der Waals surface area (Å²) < 4.78 is 32.1. The smallest absolute Gasteiger partial charge is 0.245 e. The number of piperazine rings is 1. The predicted molar refractivity (Wildman–Crippen MR) is 101 cm³/mol. The average Bonchev–Trinajstić information content (AvgIpc) is 3.25. The quantitative estimate of drug-likeness (QED) is 0.663. The monoisotopic (exact) mass is 413 g/mol. The zero-order valence-electron chi connectivity index (χ0n) is 15.5. The van der Waals surface area contributed by atoms with Crippen LogP contribution in [0.2, 0.25) is 0 Å². The van der Waals surface area contributed by atoms with Crippen molar-refractivity contribution in [3.05, 3.63) is 33.8 Å². The van der Waals surface area contributed by atoms with Gasteiger partial charge in [-0.25, -0.2) is 13.1 Å².